The van der Waals surface area contributed by atoms with E-state index >= 15 is 0 Å². The molecule has 1 nitrogen and oxygen atoms in total. The van der Waals surface area contributed by atoms with Crippen molar-refractivity contribution in [1.29, 1.82) is 0 Å². The summed E-state index contributed by atoms with van der Waals surface area (Å²) in [6.07, 6.45) is 2.38. The Balaban J connectivity index is 2.42. The summed E-state index contributed by atoms with van der Waals surface area (Å²) >= 11 is 5.92. The van der Waals surface area contributed by atoms with Crippen LogP contribution in [0.2, 0.25) is 5.02 Å². The third-order valence-corrected chi connectivity index (χ3v) is 2.77. The topological polar surface area (TPSA) is 12.0 Å². The maximum Gasteiger partial charge on any atom is 0.0409 e. The van der Waals surface area contributed by atoms with Crippen molar-refractivity contribution in [2.45, 2.75) is 18.9 Å². The van der Waals surface area contributed by atoms with Gasteiger partial charge in [-0.05, 0) is 43.1 Å². The van der Waals surface area contributed by atoms with E-state index in [4.69, 9.17) is 11.6 Å². The Morgan fingerprint density at radius 2 is 2.33 bits per heavy atom. The van der Waals surface area contributed by atoms with Crippen LogP contribution >= 0.6 is 11.6 Å². The normalized spacial score (nSPS) is 21.0. The molecule has 0 heterocycles. The predicted octanol–water partition coefficient (Wildman–Crippen LogP) is 2.55. The zero-order valence-corrected chi connectivity index (χ0v) is 7.86. The molecule has 1 aromatic carbocycles. The van der Waals surface area contributed by atoms with E-state index in [1.54, 1.807) is 0 Å². The molecule has 0 unspecified atom stereocenters. The van der Waals surface area contributed by atoms with Crippen LogP contribution in [0.1, 0.15) is 23.6 Å². The van der Waals surface area contributed by atoms with Gasteiger partial charge in [-0.3, -0.25) is 0 Å². The van der Waals surface area contributed by atoms with Crippen LogP contribution in [-0.4, -0.2) is 7.05 Å². The molecule has 1 aliphatic carbocycles. The number of rotatable bonds is 1. The SMILES string of the molecule is CN[C@@H]1CCc2ccc(Cl)cc21. The summed E-state index contributed by atoms with van der Waals surface area (Å²) in [4.78, 5) is 0. The predicted molar refractivity (Wildman–Crippen MR) is 51.6 cm³/mol. The lowest BCUT2D eigenvalue weighted by atomic mass is 10.1. The number of benzene rings is 1. The standard InChI is InChI=1S/C10H12ClN/c1-12-10-5-3-7-2-4-8(11)6-9(7)10/h2,4,6,10,12H,3,5H2,1H3/t10-/m1/s1. The van der Waals surface area contributed by atoms with Gasteiger partial charge < -0.3 is 5.32 Å². The fourth-order valence-corrected chi connectivity index (χ4v) is 2.05. The van der Waals surface area contributed by atoms with Gasteiger partial charge in [0.25, 0.3) is 0 Å². The molecule has 2 heteroatoms. The minimum absolute atomic E-state index is 0.513. The van der Waals surface area contributed by atoms with Gasteiger partial charge in [0.2, 0.25) is 0 Å². The minimum atomic E-state index is 0.513. The number of hydrogen-bond acceptors (Lipinski definition) is 1. The number of nitrogens with one attached hydrogen (secondary N) is 1. The highest BCUT2D eigenvalue weighted by Gasteiger charge is 2.20. The number of hydrogen-bond donors (Lipinski definition) is 1. The van der Waals surface area contributed by atoms with E-state index < -0.39 is 0 Å². The molecule has 12 heavy (non-hydrogen) atoms. The highest BCUT2D eigenvalue weighted by atomic mass is 35.5. The Hall–Kier alpha value is -0.530. The Morgan fingerprint density at radius 3 is 3.08 bits per heavy atom. The maximum absolute atomic E-state index is 5.92. The molecule has 0 saturated carbocycles. The second-order valence-electron chi connectivity index (χ2n) is 3.22. The van der Waals surface area contributed by atoms with Crippen LogP contribution in [0, 0.1) is 0 Å². The van der Waals surface area contributed by atoms with E-state index in [0.717, 1.165) is 5.02 Å². The molecule has 1 aromatic rings. The van der Waals surface area contributed by atoms with Gasteiger partial charge in [-0.2, -0.15) is 0 Å². The summed E-state index contributed by atoms with van der Waals surface area (Å²) < 4.78 is 0. The number of fused-ring (bicyclic) bond motifs is 1. The van der Waals surface area contributed by atoms with Crippen molar-refractivity contribution < 1.29 is 0 Å². The lowest BCUT2D eigenvalue weighted by molar-refractivity contribution is 0.590. The summed E-state index contributed by atoms with van der Waals surface area (Å²) in [6.45, 7) is 0. The fourth-order valence-electron chi connectivity index (χ4n) is 1.87. The van der Waals surface area contributed by atoms with Crippen LogP contribution in [0.25, 0.3) is 0 Å². The first-order valence-electron chi connectivity index (χ1n) is 4.27. The van der Waals surface area contributed by atoms with Crippen LogP contribution in [0.5, 0.6) is 0 Å². The molecular weight excluding hydrogens is 170 g/mol. The quantitative estimate of drug-likeness (QED) is 0.702. The van der Waals surface area contributed by atoms with Crippen LogP contribution in [0.4, 0.5) is 0 Å². The molecular formula is C10H12ClN. The van der Waals surface area contributed by atoms with Crippen molar-refractivity contribution >= 4 is 11.6 Å². The second-order valence-corrected chi connectivity index (χ2v) is 3.66. The Kier molecular flexibility index (Phi) is 2.07. The van der Waals surface area contributed by atoms with Gasteiger partial charge in [-0.25, -0.2) is 0 Å². The van der Waals surface area contributed by atoms with E-state index in [0.29, 0.717) is 6.04 Å². The largest absolute Gasteiger partial charge is 0.313 e. The molecule has 1 atom stereocenters. The Bertz CT molecular complexity index is 296. The Morgan fingerprint density at radius 1 is 1.50 bits per heavy atom. The number of halogens is 1. The number of aryl methyl sites for hydroxylation is 1. The monoisotopic (exact) mass is 181 g/mol. The molecule has 0 fully saturated rings. The third-order valence-electron chi connectivity index (χ3n) is 2.53. The van der Waals surface area contributed by atoms with Crippen molar-refractivity contribution in [3.05, 3.63) is 34.3 Å². The van der Waals surface area contributed by atoms with Crippen LogP contribution in [-0.2, 0) is 6.42 Å². The fraction of sp³-hybridized carbons (Fsp3) is 0.400. The summed E-state index contributed by atoms with van der Waals surface area (Å²) in [6, 6.07) is 6.69. The highest BCUT2D eigenvalue weighted by molar-refractivity contribution is 6.30. The van der Waals surface area contributed by atoms with Crippen molar-refractivity contribution in [2.75, 3.05) is 7.05 Å². The first-order chi connectivity index (χ1) is 5.81. The molecule has 0 aliphatic heterocycles. The van der Waals surface area contributed by atoms with Crippen molar-refractivity contribution in [3.8, 4) is 0 Å². The second kappa shape index (κ2) is 3.08. The summed E-state index contributed by atoms with van der Waals surface area (Å²) in [5, 5.41) is 4.13. The van der Waals surface area contributed by atoms with E-state index in [-0.39, 0.29) is 0 Å². The Labute approximate surface area is 77.7 Å². The first-order valence-corrected chi connectivity index (χ1v) is 4.64. The van der Waals surface area contributed by atoms with Gasteiger partial charge in [0.1, 0.15) is 0 Å². The molecule has 0 aromatic heterocycles. The third kappa shape index (κ3) is 1.23. The zero-order valence-electron chi connectivity index (χ0n) is 7.10. The van der Waals surface area contributed by atoms with Crippen LogP contribution < -0.4 is 5.32 Å². The van der Waals surface area contributed by atoms with Crippen LogP contribution in [0.3, 0.4) is 0 Å². The molecule has 1 N–H and O–H groups in total. The molecule has 64 valence electrons. The van der Waals surface area contributed by atoms with E-state index in [1.165, 1.54) is 24.0 Å². The maximum atomic E-state index is 5.92. The first kappa shape index (κ1) is 8.09. The van der Waals surface area contributed by atoms with Gasteiger partial charge in [-0.1, -0.05) is 17.7 Å². The van der Waals surface area contributed by atoms with Crippen molar-refractivity contribution in [3.63, 3.8) is 0 Å². The average Bonchev–Trinajstić information content (AvgIpc) is 2.46. The summed E-state index contributed by atoms with van der Waals surface area (Å²) in [5.41, 5.74) is 2.82. The van der Waals surface area contributed by atoms with Crippen LogP contribution in [0.15, 0.2) is 18.2 Å². The molecule has 2 rings (SSSR count). The molecule has 0 radical (unpaired) electrons. The lowest BCUT2D eigenvalue weighted by Gasteiger charge is -2.09. The highest BCUT2D eigenvalue weighted by Crippen LogP contribution is 2.32. The summed E-state index contributed by atoms with van der Waals surface area (Å²) in [5.74, 6) is 0. The average molecular weight is 182 g/mol. The smallest absolute Gasteiger partial charge is 0.0409 e. The molecule has 0 spiro atoms. The van der Waals surface area contributed by atoms with Crippen molar-refractivity contribution in [2.24, 2.45) is 0 Å². The van der Waals surface area contributed by atoms with Gasteiger partial charge >= 0.3 is 0 Å². The minimum Gasteiger partial charge on any atom is -0.313 e. The molecule has 0 amide bonds. The summed E-state index contributed by atoms with van der Waals surface area (Å²) in [7, 11) is 2.00. The van der Waals surface area contributed by atoms with Gasteiger partial charge in [-0.15, -0.1) is 0 Å². The van der Waals surface area contributed by atoms with E-state index in [2.05, 4.69) is 17.4 Å². The molecule has 1 aliphatic rings. The van der Waals surface area contributed by atoms with E-state index in [9.17, 15) is 0 Å². The molecule has 0 saturated heterocycles. The van der Waals surface area contributed by atoms with Gasteiger partial charge in [0.15, 0.2) is 0 Å². The molecule has 0 bridgehead atoms. The van der Waals surface area contributed by atoms with Gasteiger partial charge in [0, 0.05) is 11.1 Å². The van der Waals surface area contributed by atoms with E-state index in [1.807, 2.05) is 13.1 Å². The van der Waals surface area contributed by atoms with Crippen molar-refractivity contribution in [1.82, 2.24) is 5.32 Å². The lowest BCUT2D eigenvalue weighted by Crippen LogP contribution is -2.12. The van der Waals surface area contributed by atoms with Gasteiger partial charge in [0.05, 0.1) is 0 Å². The zero-order chi connectivity index (χ0) is 8.55.